The van der Waals surface area contributed by atoms with Crippen molar-refractivity contribution >= 4 is 15.9 Å². The topological polar surface area (TPSA) is 60.9 Å². The summed E-state index contributed by atoms with van der Waals surface area (Å²) in [6.07, 6.45) is 0. The predicted octanol–water partition coefficient (Wildman–Crippen LogP) is 1.20. The minimum Gasteiger partial charge on any atom is -0.339 e. The van der Waals surface area contributed by atoms with E-state index in [1.54, 1.807) is 17.0 Å². The summed E-state index contributed by atoms with van der Waals surface area (Å²) in [6, 6.07) is 7.09. The molecule has 0 aliphatic carbocycles. The van der Waals surface area contributed by atoms with E-state index in [1.807, 2.05) is 31.1 Å². The standard InChI is InChI=1S/C17H27N3O3S/c1-14(2)15-5-7-16(8-6-15)24(22,23)20-11-9-19(10-12-20)17(21)13-18(3)4/h5-8,14H,9-13H2,1-4H3. The van der Waals surface area contributed by atoms with E-state index in [0.717, 1.165) is 5.56 Å². The highest BCUT2D eigenvalue weighted by Gasteiger charge is 2.30. The summed E-state index contributed by atoms with van der Waals surface area (Å²) in [5, 5.41) is 0. The highest BCUT2D eigenvalue weighted by Crippen LogP contribution is 2.21. The SMILES string of the molecule is CC(C)c1ccc(S(=O)(=O)N2CCN(C(=O)CN(C)C)CC2)cc1. The third kappa shape index (κ3) is 4.34. The fourth-order valence-electron chi connectivity index (χ4n) is 2.72. The summed E-state index contributed by atoms with van der Waals surface area (Å²) < 4.78 is 26.9. The number of benzene rings is 1. The Bertz CT molecular complexity index is 661. The first-order valence-corrected chi connectivity index (χ1v) is 9.68. The van der Waals surface area contributed by atoms with Crippen molar-refractivity contribution in [2.45, 2.75) is 24.7 Å². The lowest BCUT2D eigenvalue weighted by atomic mass is 10.0. The van der Waals surface area contributed by atoms with E-state index in [-0.39, 0.29) is 5.91 Å². The molecular formula is C17H27N3O3S. The number of amides is 1. The molecule has 0 atom stereocenters. The zero-order valence-corrected chi connectivity index (χ0v) is 15.7. The van der Waals surface area contributed by atoms with Crippen LogP contribution in [0, 0.1) is 0 Å². The second kappa shape index (κ2) is 7.63. The predicted molar refractivity (Wildman–Crippen MR) is 94.4 cm³/mol. The van der Waals surface area contributed by atoms with Gasteiger partial charge in [-0.25, -0.2) is 8.42 Å². The Hall–Kier alpha value is -1.44. The molecule has 134 valence electrons. The van der Waals surface area contributed by atoms with E-state index in [9.17, 15) is 13.2 Å². The third-order valence-electron chi connectivity index (χ3n) is 4.23. The van der Waals surface area contributed by atoms with Gasteiger partial charge in [-0.3, -0.25) is 4.79 Å². The van der Waals surface area contributed by atoms with Crippen LogP contribution in [0.15, 0.2) is 29.2 Å². The molecule has 0 aromatic heterocycles. The molecule has 0 unspecified atom stereocenters. The zero-order chi connectivity index (χ0) is 17.9. The molecule has 1 aromatic rings. The minimum absolute atomic E-state index is 0.0401. The molecule has 1 saturated heterocycles. The van der Waals surface area contributed by atoms with Crippen molar-refractivity contribution in [3.05, 3.63) is 29.8 Å². The maximum atomic E-state index is 12.7. The van der Waals surface area contributed by atoms with Gasteiger partial charge in [-0.2, -0.15) is 4.31 Å². The van der Waals surface area contributed by atoms with Crippen LogP contribution in [0.25, 0.3) is 0 Å². The van der Waals surface area contributed by atoms with Gasteiger partial charge in [-0.15, -0.1) is 0 Å². The largest absolute Gasteiger partial charge is 0.339 e. The first-order chi connectivity index (χ1) is 11.2. The van der Waals surface area contributed by atoms with Crippen molar-refractivity contribution in [1.82, 2.24) is 14.1 Å². The Morgan fingerprint density at radius 1 is 1.08 bits per heavy atom. The Labute approximate surface area is 145 Å². The summed E-state index contributed by atoms with van der Waals surface area (Å²) in [4.78, 5) is 15.9. The van der Waals surface area contributed by atoms with Gasteiger partial charge in [-0.1, -0.05) is 26.0 Å². The third-order valence-corrected chi connectivity index (χ3v) is 6.14. The first-order valence-electron chi connectivity index (χ1n) is 8.24. The molecule has 6 nitrogen and oxygen atoms in total. The molecule has 0 N–H and O–H groups in total. The first kappa shape index (κ1) is 18.9. The van der Waals surface area contributed by atoms with Crippen LogP contribution in [0.3, 0.4) is 0 Å². The van der Waals surface area contributed by atoms with Crippen LogP contribution in [0.5, 0.6) is 0 Å². The summed E-state index contributed by atoms with van der Waals surface area (Å²) in [6.45, 7) is 6.07. The molecule has 1 aliphatic rings. The zero-order valence-electron chi connectivity index (χ0n) is 14.9. The number of carbonyl (C=O) groups excluding carboxylic acids is 1. The van der Waals surface area contributed by atoms with Crippen LogP contribution < -0.4 is 0 Å². The Balaban J connectivity index is 2.03. The molecule has 7 heteroatoms. The number of hydrogen-bond acceptors (Lipinski definition) is 4. The number of likely N-dealkylation sites (N-methyl/N-ethyl adjacent to an activating group) is 1. The van der Waals surface area contributed by atoms with Gasteiger partial charge in [0.05, 0.1) is 11.4 Å². The minimum atomic E-state index is -3.49. The van der Waals surface area contributed by atoms with Gasteiger partial charge in [-0.05, 0) is 37.7 Å². The highest BCUT2D eigenvalue weighted by atomic mass is 32.2. The fraction of sp³-hybridized carbons (Fsp3) is 0.588. The molecule has 0 radical (unpaired) electrons. The van der Waals surface area contributed by atoms with Crippen LogP contribution in [0.4, 0.5) is 0 Å². The normalized spacial score (nSPS) is 16.8. The van der Waals surface area contributed by atoms with Crippen LogP contribution in [0.1, 0.15) is 25.3 Å². The Kier molecular flexibility index (Phi) is 6.01. The molecule has 0 spiro atoms. The van der Waals surface area contributed by atoms with Gasteiger partial charge >= 0.3 is 0 Å². The molecule has 1 aromatic carbocycles. The van der Waals surface area contributed by atoms with Crippen LogP contribution >= 0.6 is 0 Å². The highest BCUT2D eigenvalue weighted by molar-refractivity contribution is 7.89. The maximum absolute atomic E-state index is 12.7. The second-order valence-corrected chi connectivity index (χ2v) is 8.68. The van der Waals surface area contributed by atoms with E-state index >= 15 is 0 Å². The maximum Gasteiger partial charge on any atom is 0.243 e. The molecule has 0 saturated carbocycles. The van der Waals surface area contributed by atoms with Gasteiger partial charge in [0, 0.05) is 26.2 Å². The van der Waals surface area contributed by atoms with Gasteiger partial charge in [0.25, 0.3) is 0 Å². The molecule has 0 bridgehead atoms. The number of carbonyl (C=O) groups is 1. The van der Waals surface area contributed by atoms with Crippen LogP contribution in [-0.4, -0.2) is 75.2 Å². The van der Waals surface area contributed by atoms with Crippen molar-refractivity contribution in [1.29, 1.82) is 0 Å². The molecular weight excluding hydrogens is 326 g/mol. The second-order valence-electron chi connectivity index (χ2n) is 6.75. The fourth-order valence-corrected chi connectivity index (χ4v) is 4.14. The van der Waals surface area contributed by atoms with E-state index in [0.29, 0.717) is 43.5 Å². The monoisotopic (exact) mass is 353 g/mol. The van der Waals surface area contributed by atoms with Crippen molar-refractivity contribution < 1.29 is 13.2 Å². The van der Waals surface area contributed by atoms with Crippen molar-refractivity contribution in [3.63, 3.8) is 0 Å². The van der Waals surface area contributed by atoms with E-state index in [1.165, 1.54) is 4.31 Å². The summed E-state index contributed by atoms with van der Waals surface area (Å²) in [7, 11) is 0.202. The van der Waals surface area contributed by atoms with E-state index in [2.05, 4.69) is 13.8 Å². The van der Waals surface area contributed by atoms with Gasteiger partial charge in [0.1, 0.15) is 0 Å². The van der Waals surface area contributed by atoms with E-state index in [4.69, 9.17) is 0 Å². The molecule has 1 fully saturated rings. The average molecular weight is 353 g/mol. The van der Waals surface area contributed by atoms with Gasteiger partial charge < -0.3 is 9.80 Å². The van der Waals surface area contributed by atoms with Gasteiger partial charge in [0.15, 0.2) is 0 Å². The number of sulfonamides is 1. The van der Waals surface area contributed by atoms with Crippen molar-refractivity contribution in [2.75, 3.05) is 46.8 Å². The van der Waals surface area contributed by atoms with Crippen LogP contribution in [0.2, 0.25) is 0 Å². The lowest BCUT2D eigenvalue weighted by Crippen LogP contribution is -2.52. The summed E-state index contributed by atoms with van der Waals surface area (Å²) in [5.41, 5.74) is 1.12. The summed E-state index contributed by atoms with van der Waals surface area (Å²) >= 11 is 0. The quantitative estimate of drug-likeness (QED) is 0.798. The molecule has 2 rings (SSSR count). The number of rotatable bonds is 5. The number of nitrogens with zero attached hydrogens (tertiary/aromatic N) is 3. The number of hydrogen-bond donors (Lipinski definition) is 0. The molecule has 1 aliphatic heterocycles. The van der Waals surface area contributed by atoms with Crippen molar-refractivity contribution in [2.24, 2.45) is 0 Å². The molecule has 1 heterocycles. The van der Waals surface area contributed by atoms with Gasteiger partial charge in [0.2, 0.25) is 15.9 Å². The summed E-state index contributed by atoms with van der Waals surface area (Å²) in [5.74, 6) is 0.409. The Morgan fingerprint density at radius 2 is 1.62 bits per heavy atom. The molecule has 24 heavy (non-hydrogen) atoms. The van der Waals surface area contributed by atoms with Crippen molar-refractivity contribution in [3.8, 4) is 0 Å². The lowest BCUT2D eigenvalue weighted by molar-refractivity contribution is -0.133. The number of piperazine rings is 1. The van der Waals surface area contributed by atoms with Crippen LogP contribution in [-0.2, 0) is 14.8 Å². The smallest absolute Gasteiger partial charge is 0.243 e. The lowest BCUT2D eigenvalue weighted by Gasteiger charge is -2.34. The average Bonchev–Trinajstić information content (AvgIpc) is 2.54. The van der Waals surface area contributed by atoms with E-state index < -0.39 is 10.0 Å². The molecule has 1 amide bonds. The Morgan fingerprint density at radius 3 is 2.08 bits per heavy atom.